The van der Waals surface area contributed by atoms with Crippen molar-refractivity contribution in [1.29, 1.82) is 0 Å². The van der Waals surface area contributed by atoms with Gasteiger partial charge in [0.15, 0.2) is 6.61 Å². The highest BCUT2D eigenvalue weighted by molar-refractivity contribution is 6.07. The third-order valence-corrected chi connectivity index (χ3v) is 4.08. The van der Waals surface area contributed by atoms with E-state index in [-0.39, 0.29) is 12.5 Å². The summed E-state index contributed by atoms with van der Waals surface area (Å²) in [6.07, 6.45) is 0. The molecule has 5 heteroatoms. The van der Waals surface area contributed by atoms with Gasteiger partial charge in [-0.25, -0.2) is 4.79 Å². The van der Waals surface area contributed by atoms with E-state index in [1.54, 1.807) is 25.3 Å². The molecule has 26 heavy (non-hydrogen) atoms. The fourth-order valence-electron chi connectivity index (χ4n) is 2.74. The number of methoxy groups -OCH3 is 1. The van der Waals surface area contributed by atoms with Gasteiger partial charge in [-0.05, 0) is 36.1 Å². The lowest BCUT2D eigenvalue weighted by Gasteiger charge is -2.11. The highest BCUT2D eigenvalue weighted by Gasteiger charge is 2.15. The molecule has 1 amide bonds. The molecule has 5 nitrogen and oxygen atoms in total. The summed E-state index contributed by atoms with van der Waals surface area (Å²) in [4.78, 5) is 24.5. The SMILES string of the molecule is COc1ccc(C(=O)OCC(=O)Nc2ccccc2C)c2ccccc12. The van der Waals surface area contributed by atoms with Gasteiger partial charge in [0, 0.05) is 11.1 Å². The lowest BCUT2D eigenvalue weighted by molar-refractivity contribution is -0.119. The van der Waals surface area contributed by atoms with Crippen LogP contribution in [0.15, 0.2) is 60.7 Å². The summed E-state index contributed by atoms with van der Waals surface area (Å²) in [6.45, 7) is 1.54. The van der Waals surface area contributed by atoms with Crippen LogP contribution in [0.3, 0.4) is 0 Å². The van der Waals surface area contributed by atoms with E-state index in [1.165, 1.54) is 0 Å². The van der Waals surface area contributed by atoms with Gasteiger partial charge in [0.1, 0.15) is 5.75 Å². The van der Waals surface area contributed by atoms with E-state index in [4.69, 9.17) is 9.47 Å². The summed E-state index contributed by atoms with van der Waals surface area (Å²) in [5, 5.41) is 4.27. The molecule has 0 radical (unpaired) electrons. The Morgan fingerprint density at radius 3 is 2.35 bits per heavy atom. The van der Waals surface area contributed by atoms with Gasteiger partial charge in [-0.1, -0.05) is 42.5 Å². The first-order chi connectivity index (χ1) is 12.6. The molecular weight excluding hydrogens is 330 g/mol. The Bertz CT molecular complexity index is 965. The average Bonchev–Trinajstić information content (AvgIpc) is 2.67. The Kier molecular flexibility index (Phi) is 5.17. The molecule has 3 rings (SSSR count). The number of hydrogen-bond acceptors (Lipinski definition) is 4. The van der Waals surface area contributed by atoms with Crippen molar-refractivity contribution in [3.05, 3.63) is 71.8 Å². The third kappa shape index (κ3) is 3.67. The largest absolute Gasteiger partial charge is 0.496 e. The lowest BCUT2D eigenvalue weighted by atomic mass is 10.0. The van der Waals surface area contributed by atoms with Crippen molar-refractivity contribution in [3.8, 4) is 5.75 Å². The number of fused-ring (bicyclic) bond motifs is 1. The second-order valence-corrected chi connectivity index (χ2v) is 5.80. The number of rotatable bonds is 5. The minimum Gasteiger partial charge on any atom is -0.496 e. The quantitative estimate of drug-likeness (QED) is 0.708. The molecule has 0 heterocycles. The summed E-state index contributed by atoms with van der Waals surface area (Å²) in [5.74, 6) is -0.260. The fourth-order valence-corrected chi connectivity index (χ4v) is 2.74. The van der Waals surface area contributed by atoms with Gasteiger partial charge < -0.3 is 14.8 Å². The van der Waals surface area contributed by atoms with Crippen molar-refractivity contribution in [2.24, 2.45) is 0 Å². The average molecular weight is 349 g/mol. The molecule has 3 aromatic carbocycles. The number of anilines is 1. The monoisotopic (exact) mass is 349 g/mol. The zero-order valence-corrected chi connectivity index (χ0v) is 14.6. The van der Waals surface area contributed by atoms with Crippen molar-refractivity contribution < 1.29 is 19.1 Å². The van der Waals surface area contributed by atoms with Gasteiger partial charge >= 0.3 is 5.97 Å². The van der Waals surface area contributed by atoms with Crippen molar-refractivity contribution in [2.45, 2.75) is 6.92 Å². The molecule has 1 N–H and O–H groups in total. The number of nitrogens with one attached hydrogen (secondary N) is 1. The standard InChI is InChI=1S/C21H19NO4/c1-14-7-3-6-10-18(14)22-20(23)13-26-21(24)17-11-12-19(25-2)16-9-5-4-8-15(16)17/h3-12H,13H2,1-2H3,(H,22,23). The Balaban J connectivity index is 1.72. The summed E-state index contributed by atoms with van der Waals surface area (Å²) >= 11 is 0. The summed E-state index contributed by atoms with van der Waals surface area (Å²) in [6, 6.07) is 18.2. The molecule has 0 fully saturated rings. The fraction of sp³-hybridized carbons (Fsp3) is 0.143. The van der Waals surface area contributed by atoms with Crippen LogP contribution >= 0.6 is 0 Å². The number of amides is 1. The maximum atomic E-state index is 12.4. The molecule has 132 valence electrons. The lowest BCUT2D eigenvalue weighted by Crippen LogP contribution is -2.21. The van der Waals surface area contributed by atoms with Crippen molar-refractivity contribution in [3.63, 3.8) is 0 Å². The molecular formula is C21H19NO4. The van der Waals surface area contributed by atoms with Crippen LogP contribution in [0.4, 0.5) is 5.69 Å². The first-order valence-electron chi connectivity index (χ1n) is 8.18. The Labute approximate surface area is 151 Å². The van der Waals surface area contributed by atoms with E-state index in [0.29, 0.717) is 17.0 Å². The van der Waals surface area contributed by atoms with E-state index >= 15 is 0 Å². The smallest absolute Gasteiger partial charge is 0.339 e. The van der Waals surface area contributed by atoms with E-state index in [9.17, 15) is 9.59 Å². The molecule has 0 spiro atoms. The van der Waals surface area contributed by atoms with Crippen LogP contribution in [0, 0.1) is 6.92 Å². The number of benzene rings is 3. The van der Waals surface area contributed by atoms with E-state index in [2.05, 4.69) is 5.32 Å². The van der Waals surface area contributed by atoms with Crippen molar-refractivity contribution >= 4 is 28.3 Å². The Morgan fingerprint density at radius 1 is 0.923 bits per heavy atom. The molecule has 0 aliphatic heterocycles. The number of carbonyl (C=O) groups excluding carboxylic acids is 2. The first-order valence-corrected chi connectivity index (χ1v) is 8.18. The molecule has 0 saturated heterocycles. The molecule has 0 bridgehead atoms. The highest BCUT2D eigenvalue weighted by atomic mass is 16.5. The van der Waals surface area contributed by atoms with Crippen LogP contribution in [0.2, 0.25) is 0 Å². The molecule has 0 saturated carbocycles. The van der Waals surface area contributed by atoms with Crippen molar-refractivity contribution in [2.75, 3.05) is 19.0 Å². The second-order valence-electron chi connectivity index (χ2n) is 5.80. The highest BCUT2D eigenvalue weighted by Crippen LogP contribution is 2.28. The van der Waals surface area contributed by atoms with Gasteiger partial charge in [-0.2, -0.15) is 0 Å². The number of carbonyl (C=O) groups is 2. The van der Waals surface area contributed by atoms with Crippen LogP contribution in [-0.2, 0) is 9.53 Å². The van der Waals surface area contributed by atoms with E-state index in [1.807, 2.05) is 49.4 Å². The predicted molar refractivity (Wildman–Crippen MR) is 101 cm³/mol. The van der Waals surface area contributed by atoms with Gasteiger partial charge in [0.2, 0.25) is 0 Å². The van der Waals surface area contributed by atoms with E-state index < -0.39 is 5.97 Å². The second kappa shape index (κ2) is 7.70. The van der Waals surface area contributed by atoms with Gasteiger partial charge in [0.25, 0.3) is 5.91 Å². The molecule has 0 atom stereocenters. The van der Waals surface area contributed by atoms with Crippen LogP contribution < -0.4 is 10.1 Å². The van der Waals surface area contributed by atoms with Crippen LogP contribution in [0.5, 0.6) is 5.75 Å². The zero-order valence-electron chi connectivity index (χ0n) is 14.6. The summed E-state index contributed by atoms with van der Waals surface area (Å²) in [5.41, 5.74) is 2.03. The van der Waals surface area contributed by atoms with Crippen LogP contribution in [0.25, 0.3) is 10.8 Å². The maximum Gasteiger partial charge on any atom is 0.339 e. The Hall–Kier alpha value is -3.34. The number of aryl methyl sites for hydroxylation is 1. The molecule has 0 aliphatic carbocycles. The Morgan fingerprint density at radius 2 is 1.62 bits per heavy atom. The number of para-hydroxylation sites is 1. The molecule has 0 unspecified atom stereocenters. The van der Waals surface area contributed by atoms with Gasteiger partial charge in [0.05, 0.1) is 12.7 Å². The minimum absolute atomic E-state index is 0.354. The number of hydrogen-bond donors (Lipinski definition) is 1. The third-order valence-electron chi connectivity index (χ3n) is 4.08. The molecule has 3 aromatic rings. The van der Waals surface area contributed by atoms with Crippen LogP contribution in [-0.4, -0.2) is 25.6 Å². The van der Waals surface area contributed by atoms with E-state index in [0.717, 1.165) is 16.3 Å². The normalized spacial score (nSPS) is 10.4. The van der Waals surface area contributed by atoms with Gasteiger partial charge in [-0.15, -0.1) is 0 Å². The molecule has 0 aliphatic rings. The number of ether oxygens (including phenoxy) is 2. The maximum absolute atomic E-state index is 12.4. The topological polar surface area (TPSA) is 64.6 Å². The summed E-state index contributed by atoms with van der Waals surface area (Å²) in [7, 11) is 1.58. The number of esters is 1. The first kappa shape index (κ1) is 17.5. The minimum atomic E-state index is -0.552. The van der Waals surface area contributed by atoms with Crippen LogP contribution in [0.1, 0.15) is 15.9 Å². The zero-order chi connectivity index (χ0) is 18.5. The summed E-state index contributed by atoms with van der Waals surface area (Å²) < 4.78 is 10.5. The van der Waals surface area contributed by atoms with Gasteiger partial charge in [-0.3, -0.25) is 4.79 Å². The molecule has 0 aromatic heterocycles. The van der Waals surface area contributed by atoms with Crippen molar-refractivity contribution in [1.82, 2.24) is 0 Å². The predicted octanol–water partition coefficient (Wildman–Crippen LogP) is 3.95.